The lowest BCUT2D eigenvalue weighted by Gasteiger charge is -2.40. The minimum atomic E-state index is -0.0105. The number of nitrogens with one attached hydrogen (secondary N) is 2. The quantitative estimate of drug-likeness (QED) is 0.340. The van der Waals surface area contributed by atoms with Crippen molar-refractivity contribution in [3.63, 3.8) is 0 Å². The van der Waals surface area contributed by atoms with Gasteiger partial charge in [0.2, 0.25) is 0 Å². The van der Waals surface area contributed by atoms with Gasteiger partial charge in [0.05, 0.1) is 6.54 Å². The van der Waals surface area contributed by atoms with Crippen molar-refractivity contribution in [2.45, 2.75) is 58.5 Å². The van der Waals surface area contributed by atoms with Gasteiger partial charge in [-0.15, -0.1) is 24.0 Å². The summed E-state index contributed by atoms with van der Waals surface area (Å²) in [7, 11) is 0. The van der Waals surface area contributed by atoms with Crippen LogP contribution in [0.25, 0.3) is 0 Å². The van der Waals surface area contributed by atoms with E-state index >= 15 is 0 Å². The molecule has 2 aliphatic rings. The molecule has 6 heteroatoms. The maximum atomic E-state index is 5.68. The van der Waals surface area contributed by atoms with Gasteiger partial charge in [0, 0.05) is 44.4 Å². The Kier molecular flexibility index (Phi) is 9.22. The molecule has 0 amide bonds. The molecule has 0 radical (unpaired) electrons. The Balaban J connectivity index is 0.00000300. The summed E-state index contributed by atoms with van der Waals surface area (Å²) in [6.07, 6.45) is 3.22. The molecule has 29 heavy (non-hydrogen) atoms. The molecule has 0 bridgehead atoms. The smallest absolute Gasteiger partial charge is 0.193 e. The molecule has 2 heterocycles. The van der Waals surface area contributed by atoms with E-state index in [9.17, 15) is 0 Å². The highest BCUT2D eigenvalue weighted by atomic mass is 127. The highest BCUT2D eigenvalue weighted by Crippen LogP contribution is 2.29. The van der Waals surface area contributed by atoms with E-state index in [1.807, 2.05) is 0 Å². The molecule has 2 fully saturated rings. The molecule has 2 N–H and O–H groups in total. The summed E-state index contributed by atoms with van der Waals surface area (Å²) in [5.41, 5.74) is 1.68. The second kappa shape index (κ2) is 11.0. The number of likely N-dealkylation sites (tertiary alicyclic amines) is 1. The van der Waals surface area contributed by atoms with Crippen molar-refractivity contribution in [2.75, 3.05) is 39.4 Å². The first kappa shape index (κ1) is 24.4. The van der Waals surface area contributed by atoms with E-state index in [1.54, 1.807) is 0 Å². The first-order valence-corrected chi connectivity index (χ1v) is 10.9. The normalized spacial score (nSPS) is 22.1. The van der Waals surface area contributed by atoms with Crippen LogP contribution in [-0.2, 0) is 4.74 Å². The zero-order chi connectivity index (χ0) is 20.0. The van der Waals surface area contributed by atoms with Crippen LogP contribution in [0.5, 0.6) is 0 Å². The van der Waals surface area contributed by atoms with Gasteiger partial charge in [0.15, 0.2) is 5.96 Å². The molecule has 5 nitrogen and oxygen atoms in total. The van der Waals surface area contributed by atoms with Crippen molar-refractivity contribution in [3.05, 3.63) is 35.9 Å². The Labute approximate surface area is 194 Å². The van der Waals surface area contributed by atoms with E-state index in [0.29, 0.717) is 11.5 Å². The Morgan fingerprint density at radius 1 is 1.17 bits per heavy atom. The molecular formula is C23H39IN4O. The SMILES string of the molecule is CCNC(=NCC1(NC(C)c2ccccc2)CCOCC1)N1CCC(C)(C)C1.I. The Hall–Kier alpha value is -0.860. The third-order valence-corrected chi connectivity index (χ3v) is 6.12. The number of halogens is 1. The molecule has 2 aliphatic heterocycles. The highest BCUT2D eigenvalue weighted by molar-refractivity contribution is 14.0. The van der Waals surface area contributed by atoms with E-state index in [-0.39, 0.29) is 29.5 Å². The zero-order valence-electron chi connectivity index (χ0n) is 18.5. The molecular weight excluding hydrogens is 475 g/mol. The van der Waals surface area contributed by atoms with Crippen molar-refractivity contribution >= 4 is 29.9 Å². The van der Waals surface area contributed by atoms with E-state index in [2.05, 4.69) is 73.6 Å². The average Bonchev–Trinajstić information content (AvgIpc) is 3.06. The number of hydrogen-bond acceptors (Lipinski definition) is 3. The molecule has 1 atom stereocenters. The number of ether oxygens (including phenoxy) is 1. The summed E-state index contributed by atoms with van der Waals surface area (Å²) < 4.78 is 5.68. The Morgan fingerprint density at radius 3 is 2.45 bits per heavy atom. The standard InChI is InChI=1S/C23H38N4O.HI/c1-5-24-21(27-14-11-22(3,4)18-27)25-17-23(12-15-28-16-13-23)26-19(2)20-9-7-6-8-10-20;/h6-10,19,26H,5,11-18H2,1-4H3,(H,24,25);1H. The molecule has 3 rings (SSSR count). The van der Waals surface area contributed by atoms with Gasteiger partial charge in [-0.25, -0.2) is 0 Å². The Bertz CT molecular complexity index is 644. The van der Waals surface area contributed by atoms with Crippen LogP contribution in [0.15, 0.2) is 35.3 Å². The van der Waals surface area contributed by atoms with Gasteiger partial charge < -0.3 is 20.3 Å². The van der Waals surface area contributed by atoms with Crippen LogP contribution in [-0.4, -0.2) is 55.8 Å². The lowest BCUT2D eigenvalue weighted by Crippen LogP contribution is -2.53. The number of guanidine groups is 1. The fraction of sp³-hybridized carbons (Fsp3) is 0.696. The van der Waals surface area contributed by atoms with Crippen molar-refractivity contribution in [1.82, 2.24) is 15.5 Å². The maximum absolute atomic E-state index is 5.68. The van der Waals surface area contributed by atoms with Gasteiger partial charge >= 0.3 is 0 Å². The van der Waals surface area contributed by atoms with Crippen LogP contribution in [0.4, 0.5) is 0 Å². The third-order valence-electron chi connectivity index (χ3n) is 6.12. The summed E-state index contributed by atoms with van der Waals surface area (Å²) in [6, 6.07) is 11.0. The number of aliphatic imine (C=N–C) groups is 1. The molecule has 1 aromatic rings. The molecule has 1 aromatic carbocycles. The summed E-state index contributed by atoms with van der Waals surface area (Å²) in [6.45, 7) is 14.5. The molecule has 0 saturated carbocycles. The summed E-state index contributed by atoms with van der Waals surface area (Å²) in [4.78, 5) is 7.54. The van der Waals surface area contributed by atoms with Crippen molar-refractivity contribution < 1.29 is 4.74 Å². The van der Waals surface area contributed by atoms with Gasteiger partial charge in [-0.2, -0.15) is 0 Å². The van der Waals surface area contributed by atoms with E-state index in [0.717, 1.165) is 58.2 Å². The van der Waals surface area contributed by atoms with Crippen molar-refractivity contribution in [3.8, 4) is 0 Å². The summed E-state index contributed by atoms with van der Waals surface area (Å²) >= 11 is 0. The molecule has 0 spiro atoms. The number of nitrogens with zero attached hydrogens (tertiary/aromatic N) is 2. The van der Waals surface area contributed by atoms with E-state index < -0.39 is 0 Å². The summed E-state index contributed by atoms with van der Waals surface area (Å²) in [5, 5.41) is 7.44. The van der Waals surface area contributed by atoms with Gasteiger partial charge in [-0.3, -0.25) is 4.99 Å². The molecule has 164 valence electrons. The van der Waals surface area contributed by atoms with Gasteiger partial charge in [-0.1, -0.05) is 44.2 Å². The predicted molar refractivity (Wildman–Crippen MR) is 132 cm³/mol. The van der Waals surface area contributed by atoms with Crippen LogP contribution >= 0.6 is 24.0 Å². The number of hydrogen-bond donors (Lipinski definition) is 2. The van der Waals surface area contributed by atoms with Crippen molar-refractivity contribution in [2.24, 2.45) is 10.4 Å². The topological polar surface area (TPSA) is 48.9 Å². The number of benzene rings is 1. The Morgan fingerprint density at radius 2 is 1.86 bits per heavy atom. The highest BCUT2D eigenvalue weighted by Gasteiger charge is 2.35. The third kappa shape index (κ3) is 6.82. The zero-order valence-corrected chi connectivity index (χ0v) is 20.9. The first-order chi connectivity index (χ1) is 13.4. The molecule has 1 unspecified atom stereocenters. The predicted octanol–water partition coefficient (Wildman–Crippen LogP) is 4.20. The minimum Gasteiger partial charge on any atom is -0.381 e. The minimum absolute atomic E-state index is 0. The number of rotatable bonds is 6. The second-order valence-corrected chi connectivity index (χ2v) is 9.18. The lowest BCUT2D eigenvalue weighted by molar-refractivity contribution is 0.0373. The van der Waals surface area contributed by atoms with Gasteiger partial charge in [0.1, 0.15) is 0 Å². The van der Waals surface area contributed by atoms with Crippen LogP contribution in [0, 0.1) is 5.41 Å². The van der Waals surface area contributed by atoms with Crippen LogP contribution in [0.3, 0.4) is 0 Å². The molecule has 0 aliphatic carbocycles. The fourth-order valence-corrected chi connectivity index (χ4v) is 4.34. The second-order valence-electron chi connectivity index (χ2n) is 9.18. The van der Waals surface area contributed by atoms with Gasteiger partial charge in [0.25, 0.3) is 0 Å². The summed E-state index contributed by atoms with van der Waals surface area (Å²) in [5.74, 6) is 1.06. The maximum Gasteiger partial charge on any atom is 0.193 e. The van der Waals surface area contributed by atoms with Crippen LogP contribution in [0.1, 0.15) is 58.6 Å². The van der Waals surface area contributed by atoms with E-state index in [4.69, 9.17) is 9.73 Å². The largest absolute Gasteiger partial charge is 0.381 e. The lowest BCUT2D eigenvalue weighted by atomic mass is 9.88. The first-order valence-electron chi connectivity index (χ1n) is 10.9. The van der Waals surface area contributed by atoms with Crippen LogP contribution in [0.2, 0.25) is 0 Å². The van der Waals surface area contributed by atoms with E-state index in [1.165, 1.54) is 12.0 Å². The van der Waals surface area contributed by atoms with Gasteiger partial charge in [-0.05, 0) is 44.1 Å². The molecule has 2 saturated heterocycles. The van der Waals surface area contributed by atoms with Crippen LogP contribution < -0.4 is 10.6 Å². The monoisotopic (exact) mass is 514 g/mol. The van der Waals surface area contributed by atoms with Crippen molar-refractivity contribution in [1.29, 1.82) is 0 Å². The fourth-order valence-electron chi connectivity index (χ4n) is 4.34. The average molecular weight is 514 g/mol. The molecule has 0 aromatic heterocycles.